The maximum Gasteiger partial charge on any atom is 0.287 e. The number of ether oxygens (including phenoxy) is 1. The van der Waals surface area contributed by atoms with Crippen LogP contribution in [0.5, 0.6) is 11.5 Å². The largest absolute Gasteiger partial charge is 0.870 e. The Hall–Kier alpha value is -2.01. The third-order valence-electron chi connectivity index (χ3n) is 6.40. The monoisotopic (exact) mass is 623 g/mol. The summed E-state index contributed by atoms with van der Waals surface area (Å²) >= 11 is 1.41. The summed E-state index contributed by atoms with van der Waals surface area (Å²) in [4.78, 5) is 2.39. The van der Waals surface area contributed by atoms with Crippen molar-refractivity contribution in [3.05, 3.63) is 70.1 Å². The molecule has 0 unspecified atom stereocenters. The van der Waals surface area contributed by atoms with Gasteiger partial charge in [0.25, 0.3) is 5.35 Å². The minimum Gasteiger partial charge on any atom is -0.870 e. The van der Waals surface area contributed by atoms with Gasteiger partial charge >= 0.3 is 0 Å². The van der Waals surface area contributed by atoms with Crippen molar-refractivity contribution in [3.8, 4) is 22.8 Å². The number of hydrogen-bond donors (Lipinski definition) is 1. The van der Waals surface area contributed by atoms with Crippen LogP contribution in [0.2, 0.25) is 0 Å². The van der Waals surface area contributed by atoms with Gasteiger partial charge in [-0.3, -0.25) is 0 Å². The van der Waals surface area contributed by atoms with Gasteiger partial charge in [-0.2, -0.15) is 0 Å². The van der Waals surface area contributed by atoms with Gasteiger partial charge in [0.05, 0.1) is 18.8 Å². The molecule has 3 aliphatic rings. The summed E-state index contributed by atoms with van der Waals surface area (Å²) in [7, 11) is 0. The summed E-state index contributed by atoms with van der Waals surface area (Å²) in [5.74, 6) is -3.86. The van der Waals surface area contributed by atoms with Crippen LogP contribution in [0, 0.1) is 52.9 Å². The quantitative estimate of drug-likeness (QED) is 0.407. The van der Waals surface area contributed by atoms with E-state index >= 15 is 0 Å². The topological polar surface area (TPSA) is 97.1 Å². The molecule has 0 aliphatic carbocycles. The van der Waals surface area contributed by atoms with E-state index in [0.717, 1.165) is 22.6 Å². The van der Waals surface area contributed by atoms with E-state index in [2.05, 4.69) is 5.11 Å². The Morgan fingerprint density at radius 2 is 1.97 bits per heavy atom. The molecule has 1 saturated heterocycles. The number of thioether (sulfide) groups is 1. The van der Waals surface area contributed by atoms with Crippen molar-refractivity contribution in [3.63, 3.8) is 0 Å². The fourth-order valence-electron chi connectivity index (χ4n) is 4.72. The van der Waals surface area contributed by atoms with E-state index < -0.39 is 35.2 Å². The van der Waals surface area contributed by atoms with Gasteiger partial charge in [-0.1, -0.05) is 23.9 Å². The molecule has 7 nitrogen and oxygen atoms in total. The predicted molar refractivity (Wildman–Crippen MR) is 114 cm³/mol. The molecule has 3 aromatic rings. The predicted octanol–water partition coefficient (Wildman–Crippen LogP) is 1.02. The molecule has 11 heteroatoms. The average Bonchev–Trinajstić information content (AvgIpc) is 3.04. The van der Waals surface area contributed by atoms with Crippen LogP contribution in [0.4, 0.5) is 8.78 Å². The first-order valence-electron chi connectivity index (χ1n) is 10.7. The molecule has 2 aromatic carbocycles. The van der Waals surface area contributed by atoms with Crippen LogP contribution in [0.1, 0.15) is 16.7 Å². The fourth-order valence-corrected chi connectivity index (χ4v) is 5.82. The van der Waals surface area contributed by atoms with Gasteiger partial charge in [0.15, 0.2) is 17.4 Å². The number of hydrogen-bond acceptors (Lipinski definition) is 7. The SMILES string of the molecule is [O-]C1=c2c(O)c([O-])cc(-c3cc(F)c(F)c4c3Cc3ccccc3SC4)[n+]2=N[C@@H]2COCCN12.[Pr]. The van der Waals surface area contributed by atoms with Crippen LogP contribution in [-0.4, -0.2) is 35.9 Å². The van der Waals surface area contributed by atoms with E-state index in [9.17, 15) is 24.1 Å². The molecular formula is C24H18F2N3O4PrS-. The maximum absolute atomic E-state index is 15.0. The maximum atomic E-state index is 15.0. The number of rotatable bonds is 1. The zero-order valence-corrected chi connectivity index (χ0v) is 22.9. The minimum atomic E-state index is -1.06. The molecule has 0 amide bonds. The Morgan fingerprint density at radius 3 is 2.80 bits per heavy atom. The number of halogens is 2. The second-order valence-electron chi connectivity index (χ2n) is 8.32. The summed E-state index contributed by atoms with van der Waals surface area (Å²) < 4.78 is 36.4. The second-order valence-corrected chi connectivity index (χ2v) is 9.34. The summed E-state index contributed by atoms with van der Waals surface area (Å²) in [5.41, 5.74) is 2.04. The van der Waals surface area contributed by atoms with Gasteiger partial charge in [-0.05, 0) is 39.2 Å². The van der Waals surface area contributed by atoms with Gasteiger partial charge in [-0.15, -0.1) is 11.8 Å². The summed E-state index contributed by atoms with van der Waals surface area (Å²) in [6, 6.07) is 9.77. The van der Waals surface area contributed by atoms with Gasteiger partial charge in [0, 0.05) is 76.0 Å². The van der Waals surface area contributed by atoms with Crippen molar-refractivity contribution in [2.45, 2.75) is 23.2 Å². The molecule has 3 aliphatic heterocycles. The standard InChI is InChI=1S/C24H18F2N3O4S.Pr/c25-16-8-14(13-7-12-3-1-2-4-19(12)34-11-15(13)21(16)26)17-9-18(30)23(31)22-24(32)28-5-6-33-10-20(28)27-29(17)22;/h1-4,8-9,20H,5-7,10-11H2,(H,31,32);/q-1;/t20-;/m0./s1. The van der Waals surface area contributed by atoms with Crippen molar-refractivity contribution in [1.29, 1.82) is 0 Å². The number of benzene rings is 2. The average molecular weight is 623 g/mol. The summed E-state index contributed by atoms with van der Waals surface area (Å²) in [5, 5.41) is 40.6. The number of fused-ring (bicyclic) bond motifs is 4. The van der Waals surface area contributed by atoms with E-state index in [1.54, 1.807) is 0 Å². The number of morpholine rings is 1. The molecule has 1 atom stereocenters. The van der Waals surface area contributed by atoms with E-state index in [0.29, 0.717) is 18.6 Å². The van der Waals surface area contributed by atoms with Crippen molar-refractivity contribution in [1.82, 2.24) is 4.90 Å². The van der Waals surface area contributed by atoms with Crippen molar-refractivity contribution < 1.29 is 74.5 Å². The van der Waals surface area contributed by atoms with Gasteiger partial charge in [-0.25, -0.2) is 8.78 Å². The molecule has 1 aromatic heterocycles. The van der Waals surface area contributed by atoms with Crippen molar-refractivity contribution in [2.24, 2.45) is 5.11 Å². The molecule has 6 rings (SSSR count). The van der Waals surface area contributed by atoms with Crippen molar-refractivity contribution >= 4 is 17.6 Å². The van der Waals surface area contributed by atoms with Crippen LogP contribution < -0.4 is 19.9 Å². The smallest absolute Gasteiger partial charge is 0.287 e. The number of aromatic hydroxyl groups is 1. The summed E-state index contributed by atoms with van der Waals surface area (Å²) in [6.45, 7) is 0.729. The van der Waals surface area contributed by atoms with E-state index in [-0.39, 0.29) is 82.4 Å². The van der Waals surface area contributed by atoms with Gasteiger partial charge in [0.1, 0.15) is 0 Å². The van der Waals surface area contributed by atoms with Crippen LogP contribution in [-0.2, 0) is 16.9 Å². The molecule has 1 radical (unpaired) electrons. The number of aromatic nitrogens is 1. The zero-order chi connectivity index (χ0) is 23.6. The van der Waals surface area contributed by atoms with E-state index in [1.807, 2.05) is 24.3 Å². The molecule has 0 saturated carbocycles. The molecule has 35 heavy (non-hydrogen) atoms. The normalized spacial score (nSPS) is 18.3. The van der Waals surface area contributed by atoms with Gasteiger partial charge in [0.2, 0.25) is 11.9 Å². The molecule has 0 bridgehead atoms. The Kier molecular flexibility index (Phi) is 6.67. The van der Waals surface area contributed by atoms with Crippen LogP contribution in [0.3, 0.4) is 0 Å². The molecule has 177 valence electrons. The van der Waals surface area contributed by atoms with Crippen LogP contribution >= 0.6 is 11.8 Å². The first-order chi connectivity index (χ1) is 16.4. The van der Waals surface area contributed by atoms with Crippen LogP contribution in [0.15, 0.2) is 46.4 Å². The number of pyridine rings is 1. The van der Waals surface area contributed by atoms with Crippen LogP contribution in [0.25, 0.3) is 17.1 Å². The first-order valence-corrected chi connectivity index (χ1v) is 11.7. The molecular weight excluding hydrogens is 605 g/mol. The van der Waals surface area contributed by atoms with Crippen molar-refractivity contribution in [2.75, 3.05) is 19.8 Å². The third kappa shape index (κ3) is 3.98. The molecule has 1 N–H and O–H groups in total. The second kappa shape index (κ2) is 9.46. The van der Waals surface area contributed by atoms with E-state index in [1.165, 1.54) is 21.0 Å². The third-order valence-corrected chi connectivity index (χ3v) is 7.55. The minimum absolute atomic E-state index is 0. The molecule has 4 heterocycles. The van der Waals surface area contributed by atoms with Gasteiger partial charge < -0.3 is 25.0 Å². The molecule has 0 spiro atoms. The fraction of sp³-hybridized carbons (Fsp3) is 0.250. The summed E-state index contributed by atoms with van der Waals surface area (Å²) in [6.07, 6.45) is -0.350. The Balaban J connectivity index is 0.00000253. The zero-order valence-electron chi connectivity index (χ0n) is 18.3. The Bertz CT molecular complexity index is 1490. The Morgan fingerprint density at radius 1 is 1.17 bits per heavy atom. The molecule has 1 fully saturated rings. The first kappa shape index (κ1) is 24.7. The number of nitrogens with zero attached hydrogens (tertiary/aromatic N) is 3. The van der Waals surface area contributed by atoms with E-state index in [4.69, 9.17) is 4.74 Å². The Labute approximate surface area is 236 Å².